The van der Waals surface area contributed by atoms with E-state index in [9.17, 15) is 0 Å². The Morgan fingerprint density at radius 2 is 1.55 bits per heavy atom. The van der Waals surface area contributed by atoms with Crippen molar-refractivity contribution in [2.75, 3.05) is 24.3 Å². The van der Waals surface area contributed by atoms with Crippen LogP contribution in [0.3, 0.4) is 0 Å². The standard InChI is InChI=1S/C29H40N4/c1-19-12-17-25(21(3)20(19)2)29(4,5)32-23-15-13-22(14-16-23)30-28-18-27(33(6)7)24-10-8-9-11-26(24)31-28/h8-12,17-18,22-23,32H,13-16H2,1-7H3,(H,30,31). The molecule has 0 spiro atoms. The first-order valence-electron chi connectivity index (χ1n) is 12.3. The van der Waals surface area contributed by atoms with Gasteiger partial charge in [-0.2, -0.15) is 0 Å². The van der Waals surface area contributed by atoms with E-state index in [1.165, 1.54) is 46.2 Å². The Bertz CT molecular complexity index is 1120. The van der Waals surface area contributed by atoms with E-state index < -0.39 is 0 Å². The minimum atomic E-state index is -0.0337. The first kappa shape index (κ1) is 23.6. The maximum atomic E-state index is 4.90. The van der Waals surface area contributed by atoms with E-state index in [1.54, 1.807) is 0 Å². The van der Waals surface area contributed by atoms with E-state index in [2.05, 4.69) is 107 Å². The van der Waals surface area contributed by atoms with Gasteiger partial charge in [0.2, 0.25) is 0 Å². The summed E-state index contributed by atoms with van der Waals surface area (Å²) in [5, 5.41) is 8.92. The lowest BCUT2D eigenvalue weighted by atomic mass is 9.84. The van der Waals surface area contributed by atoms with E-state index in [1.807, 2.05) is 0 Å². The van der Waals surface area contributed by atoms with Gasteiger partial charge in [0, 0.05) is 48.9 Å². The molecule has 1 aliphatic rings. The molecule has 4 heteroatoms. The predicted octanol–water partition coefficient (Wildman–Crippen LogP) is 6.47. The van der Waals surface area contributed by atoms with Crippen molar-refractivity contribution < 1.29 is 0 Å². The molecule has 4 rings (SSSR count). The van der Waals surface area contributed by atoms with E-state index in [0.29, 0.717) is 12.1 Å². The van der Waals surface area contributed by atoms with Gasteiger partial charge in [-0.05, 0) is 88.6 Å². The van der Waals surface area contributed by atoms with Gasteiger partial charge in [0.1, 0.15) is 5.82 Å². The van der Waals surface area contributed by atoms with Gasteiger partial charge in [-0.25, -0.2) is 4.98 Å². The van der Waals surface area contributed by atoms with Gasteiger partial charge in [-0.1, -0.05) is 30.3 Å². The summed E-state index contributed by atoms with van der Waals surface area (Å²) >= 11 is 0. The number of fused-ring (bicyclic) bond motifs is 1. The monoisotopic (exact) mass is 444 g/mol. The fraction of sp³-hybridized carbons (Fsp3) is 0.483. The Morgan fingerprint density at radius 1 is 0.879 bits per heavy atom. The molecule has 1 aliphatic carbocycles. The average molecular weight is 445 g/mol. The topological polar surface area (TPSA) is 40.2 Å². The number of hydrogen-bond donors (Lipinski definition) is 2. The molecule has 0 aliphatic heterocycles. The molecular weight excluding hydrogens is 404 g/mol. The molecule has 1 fully saturated rings. The van der Waals surface area contributed by atoms with Gasteiger partial charge in [0.25, 0.3) is 0 Å². The number of aryl methyl sites for hydroxylation is 1. The van der Waals surface area contributed by atoms with Crippen LogP contribution in [-0.2, 0) is 5.54 Å². The van der Waals surface area contributed by atoms with Crippen molar-refractivity contribution in [1.82, 2.24) is 10.3 Å². The van der Waals surface area contributed by atoms with Crippen LogP contribution in [-0.4, -0.2) is 31.2 Å². The summed E-state index contributed by atoms with van der Waals surface area (Å²) in [4.78, 5) is 7.08. The van der Waals surface area contributed by atoms with Gasteiger partial charge in [0.05, 0.1) is 5.52 Å². The Kier molecular flexibility index (Phi) is 6.67. The lowest BCUT2D eigenvalue weighted by molar-refractivity contribution is 0.273. The summed E-state index contributed by atoms with van der Waals surface area (Å²) in [5.74, 6) is 0.986. The smallest absolute Gasteiger partial charge is 0.128 e. The normalized spacial score (nSPS) is 19.0. The molecule has 0 unspecified atom stereocenters. The van der Waals surface area contributed by atoms with Crippen LogP contribution in [0.2, 0.25) is 0 Å². The number of para-hydroxylation sites is 1. The molecule has 176 valence electrons. The summed E-state index contributed by atoms with van der Waals surface area (Å²) in [5.41, 5.74) is 7.85. The summed E-state index contributed by atoms with van der Waals surface area (Å²) < 4.78 is 0. The number of hydrogen-bond acceptors (Lipinski definition) is 4. The van der Waals surface area contributed by atoms with Crippen LogP contribution in [0.4, 0.5) is 11.5 Å². The molecule has 2 aromatic carbocycles. The van der Waals surface area contributed by atoms with E-state index in [-0.39, 0.29) is 5.54 Å². The van der Waals surface area contributed by atoms with Gasteiger partial charge in [-0.15, -0.1) is 0 Å². The Hall–Kier alpha value is -2.59. The largest absolute Gasteiger partial charge is 0.377 e. The molecular formula is C29H40N4. The average Bonchev–Trinajstić information content (AvgIpc) is 2.78. The van der Waals surface area contributed by atoms with Crippen LogP contribution in [0.25, 0.3) is 10.9 Å². The van der Waals surface area contributed by atoms with Crippen molar-refractivity contribution in [2.24, 2.45) is 0 Å². The molecule has 2 N–H and O–H groups in total. The second-order valence-electron chi connectivity index (χ2n) is 10.6. The van der Waals surface area contributed by atoms with Gasteiger partial charge < -0.3 is 15.5 Å². The van der Waals surface area contributed by atoms with Crippen molar-refractivity contribution in [3.8, 4) is 0 Å². The Morgan fingerprint density at radius 3 is 2.24 bits per heavy atom. The number of benzene rings is 2. The first-order valence-corrected chi connectivity index (χ1v) is 12.3. The quantitative estimate of drug-likeness (QED) is 0.457. The molecule has 0 bridgehead atoms. The second kappa shape index (κ2) is 9.34. The minimum Gasteiger partial charge on any atom is -0.377 e. The van der Waals surface area contributed by atoms with Gasteiger partial charge in [-0.3, -0.25) is 0 Å². The molecule has 33 heavy (non-hydrogen) atoms. The van der Waals surface area contributed by atoms with Crippen molar-refractivity contribution in [3.05, 3.63) is 64.7 Å². The van der Waals surface area contributed by atoms with Gasteiger partial charge in [0.15, 0.2) is 0 Å². The summed E-state index contributed by atoms with van der Waals surface area (Å²) in [6, 6.07) is 16.2. The number of nitrogens with zero attached hydrogens (tertiary/aromatic N) is 2. The summed E-state index contributed by atoms with van der Waals surface area (Å²) in [7, 11) is 4.20. The van der Waals surface area contributed by atoms with Crippen LogP contribution >= 0.6 is 0 Å². The lowest BCUT2D eigenvalue weighted by Crippen LogP contribution is -2.46. The molecule has 4 nitrogen and oxygen atoms in total. The van der Waals surface area contributed by atoms with Gasteiger partial charge >= 0.3 is 0 Å². The molecule has 0 amide bonds. The first-order chi connectivity index (χ1) is 15.7. The third-order valence-electron chi connectivity index (χ3n) is 7.55. The Labute approximate surface area is 199 Å². The predicted molar refractivity (Wildman–Crippen MR) is 143 cm³/mol. The third kappa shape index (κ3) is 5.01. The molecule has 3 aromatic rings. The van der Waals surface area contributed by atoms with Crippen molar-refractivity contribution in [3.63, 3.8) is 0 Å². The molecule has 1 saturated carbocycles. The van der Waals surface area contributed by atoms with E-state index in [4.69, 9.17) is 4.98 Å². The zero-order chi connectivity index (χ0) is 23.8. The highest BCUT2D eigenvalue weighted by Crippen LogP contribution is 2.32. The number of nitrogens with one attached hydrogen (secondary N) is 2. The number of aromatic nitrogens is 1. The number of anilines is 2. The third-order valence-corrected chi connectivity index (χ3v) is 7.55. The summed E-state index contributed by atoms with van der Waals surface area (Å²) in [6.45, 7) is 11.4. The zero-order valence-electron chi connectivity index (χ0n) is 21.4. The molecule has 1 aromatic heterocycles. The second-order valence-corrected chi connectivity index (χ2v) is 10.6. The van der Waals surface area contributed by atoms with Crippen LogP contribution in [0.5, 0.6) is 0 Å². The van der Waals surface area contributed by atoms with Crippen molar-refractivity contribution >= 4 is 22.4 Å². The zero-order valence-corrected chi connectivity index (χ0v) is 21.4. The highest BCUT2D eigenvalue weighted by atomic mass is 15.1. The number of pyridine rings is 1. The van der Waals surface area contributed by atoms with Crippen LogP contribution in [0.1, 0.15) is 61.8 Å². The SMILES string of the molecule is Cc1ccc(C(C)(C)NC2CCC(Nc3cc(N(C)C)c4ccccc4n3)CC2)c(C)c1C. The fourth-order valence-corrected chi connectivity index (χ4v) is 5.41. The lowest BCUT2D eigenvalue weighted by Gasteiger charge is -2.38. The fourth-order valence-electron chi connectivity index (χ4n) is 5.41. The minimum absolute atomic E-state index is 0.0337. The maximum absolute atomic E-state index is 4.90. The van der Waals surface area contributed by atoms with E-state index in [0.717, 1.165) is 24.2 Å². The van der Waals surface area contributed by atoms with Crippen LogP contribution < -0.4 is 15.5 Å². The van der Waals surface area contributed by atoms with E-state index >= 15 is 0 Å². The molecule has 1 heterocycles. The van der Waals surface area contributed by atoms with Crippen LogP contribution in [0.15, 0.2) is 42.5 Å². The maximum Gasteiger partial charge on any atom is 0.128 e. The molecule has 0 radical (unpaired) electrons. The highest BCUT2D eigenvalue weighted by Gasteiger charge is 2.29. The molecule has 0 saturated heterocycles. The summed E-state index contributed by atoms with van der Waals surface area (Å²) in [6.07, 6.45) is 4.68. The van der Waals surface area contributed by atoms with Crippen molar-refractivity contribution in [2.45, 2.75) is 77.9 Å². The molecule has 0 atom stereocenters. The van der Waals surface area contributed by atoms with Crippen LogP contribution in [0, 0.1) is 20.8 Å². The van der Waals surface area contributed by atoms with Crippen molar-refractivity contribution in [1.29, 1.82) is 0 Å². The Balaban J connectivity index is 1.41. The highest BCUT2D eigenvalue weighted by molar-refractivity contribution is 5.93. The number of rotatable bonds is 6.